The fraction of sp³-hybridized carbons (Fsp3) is 0.167. The average molecular weight is 251 g/mol. The van der Waals surface area contributed by atoms with E-state index in [1.165, 1.54) is 30.6 Å². The molecule has 0 aliphatic carbocycles. The van der Waals surface area contributed by atoms with Gasteiger partial charge in [0.1, 0.15) is 11.6 Å². The number of nitrogens with zero attached hydrogens (tertiary/aromatic N) is 1. The van der Waals surface area contributed by atoms with Crippen LogP contribution in [0.25, 0.3) is 0 Å². The average Bonchev–Trinajstić information content (AvgIpc) is 2.81. The lowest BCUT2D eigenvalue weighted by Crippen LogP contribution is -2.05. The highest BCUT2D eigenvalue weighted by atomic mass is 32.1. The van der Waals surface area contributed by atoms with E-state index >= 15 is 0 Å². The Balaban J connectivity index is 2.19. The smallest absolute Gasteiger partial charge is 0.171 e. The van der Waals surface area contributed by atoms with Crippen molar-refractivity contribution in [2.45, 2.75) is 6.42 Å². The van der Waals surface area contributed by atoms with Crippen molar-refractivity contribution in [2.75, 3.05) is 7.11 Å². The molecule has 1 aromatic carbocycles. The van der Waals surface area contributed by atoms with Gasteiger partial charge in [0.25, 0.3) is 0 Å². The monoisotopic (exact) mass is 251 g/mol. The molecule has 0 spiro atoms. The number of carbonyl (C=O) groups excluding carboxylic acids is 1. The summed E-state index contributed by atoms with van der Waals surface area (Å²) in [5, 5.41) is 0. The first-order valence-electron chi connectivity index (χ1n) is 4.95. The largest absolute Gasteiger partial charge is 0.497 e. The van der Waals surface area contributed by atoms with Crippen LogP contribution < -0.4 is 4.74 Å². The fourth-order valence-corrected chi connectivity index (χ4v) is 2.03. The minimum Gasteiger partial charge on any atom is -0.497 e. The van der Waals surface area contributed by atoms with Crippen molar-refractivity contribution >= 4 is 17.1 Å². The number of rotatable bonds is 4. The lowest BCUT2D eigenvalue weighted by atomic mass is 10.1. The Bertz CT molecular complexity index is 525. The molecule has 3 nitrogen and oxygen atoms in total. The van der Waals surface area contributed by atoms with Gasteiger partial charge >= 0.3 is 0 Å². The molecular formula is C12H10FNO2S. The molecule has 0 N–H and O–H groups in total. The molecule has 1 heterocycles. The highest BCUT2D eigenvalue weighted by Gasteiger charge is 2.13. The van der Waals surface area contributed by atoms with Crippen molar-refractivity contribution in [3.05, 3.63) is 46.2 Å². The maximum atomic E-state index is 13.6. The number of ketones is 1. The van der Waals surface area contributed by atoms with Crippen LogP contribution in [0.3, 0.4) is 0 Å². The first-order chi connectivity index (χ1) is 8.20. The SMILES string of the molecule is COc1ccc(C(=O)Cc2cncs2)c(F)c1. The first kappa shape index (κ1) is 11.7. The number of carbonyl (C=O) groups is 1. The van der Waals surface area contributed by atoms with E-state index in [-0.39, 0.29) is 17.8 Å². The lowest BCUT2D eigenvalue weighted by Gasteiger charge is -2.04. The molecule has 0 atom stereocenters. The summed E-state index contributed by atoms with van der Waals surface area (Å²) in [6, 6.07) is 4.22. The maximum absolute atomic E-state index is 13.6. The van der Waals surface area contributed by atoms with Gasteiger partial charge in [-0.15, -0.1) is 11.3 Å². The molecule has 0 saturated heterocycles. The molecule has 0 aliphatic heterocycles. The molecule has 17 heavy (non-hydrogen) atoms. The van der Waals surface area contributed by atoms with E-state index in [2.05, 4.69) is 4.98 Å². The number of benzene rings is 1. The van der Waals surface area contributed by atoms with Gasteiger partial charge in [-0.05, 0) is 12.1 Å². The second-order valence-electron chi connectivity index (χ2n) is 3.41. The number of aromatic nitrogens is 1. The second kappa shape index (κ2) is 5.05. The van der Waals surface area contributed by atoms with Gasteiger partial charge in [0.2, 0.25) is 0 Å². The molecule has 2 aromatic rings. The molecule has 0 unspecified atom stereocenters. The van der Waals surface area contributed by atoms with E-state index in [1.807, 2.05) is 0 Å². The van der Waals surface area contributed by atoms with Crippen molar-refractivity contribution < 1.29 is 13.9 Å². The second-order valence-corrected chi connectivity index (χ2v) is 4.38. The Labute approximate surface area is 102 Å². The summed E-state index contributed by atoms with van der Waals surface area (Å²) >= 11 is 1.38. The summed E-state index contributed by atoms with van der Waals surface area (Å²) in [6.07, 6.45) is 1.79. The minimum absolute atomic E-state index is 0.0826. The zero-order valence-corrected chi connectivity index (χ0v) is 9.96. The maximum Gasteiger partial charge on any atom is 0.171 e. The molecule has 0 fully saturated rings. The minimum atomic E-state index is -0.557. The molecule has 1 aromatic heterocycles. The summed E-state index contributed by atoms with van der Waals surface area (Å²) in [6.45, 7) is 0. The van der Waals surface area contributed by atoms with E-state index in [4.69, 9.17) is 4.74 Å². The van der Waals surface area contributed by atoms with Gasteiger partial charge in [-0.2, -0.15) is 0 Å². The first-order valence-corrected chi connectivity index (χ1v) is 5.83. The summed E-state index contributed by atoms with van der Waals surface area (Å²) in [7, 11) is 1.45. The van der Waals surface area contributed by atoms with Crippen LogP contribution >= 0.6 is 11.3 Å². The van der Waals surface area contributed by atoms with E-state index in [0.717, 1.165) is 4.88 Å². The number of thiazole rings is 1. The Hall–Kier alpha value is -1.75. The molecule has 2 rings (SSSR count). The zero-order valence-electron chi connectivity index (χ0n) is 9.14. The van der Waals surface area contributed by atoms with Gasteiger partial charge in [0.05, 0.1) is 18.2 Å². The summed E-state index contributed by atoms with van der Waals surface area (Å²) in [5.41, 5.74) is 1.73. The number of hydrogen-bond donors (Lipinski definition) is 0. The van der Waals surface area contributed by atoms with Gasteiger partial charge < -0.3 is 4.74 Å². The summed E-state index contributed by atoms with van der Waals surface area (Å²) in [5.74, 6) is -0.412. The van der Waals surface area contributed by atoms with Crippen molar-refractivity contribution in [1.29, 1.82) is 0 Å². The van der Waals surface area contributed by atoms with Crippen LogP contribution in [-0.2, 0) is 6.42 Å². The number of halogens is 1. The van der Waals surface area contributed by atoms with Crippen molar-refractivity contribution in [2.24, 2.45) is 0 Å². The molecule has 88 valence electrons. The lowest BCUT2D eigenvalue weighted by molar-refractivity contribution is 0.0990. The number of Topliss-reactive ketones (excluding diaryl/α,β-unsaturated/α-hetero) is 1. The Morgan fingerprint density at radius 3 is 2.94 bits per heavy atom. The van der Waals surface area contributed by atoms with Crippen molar-refractivity contribution in [3.63, 3.8) is 0 Å². The van der Waals surface area contributed by atoms with Gasteiger partial charge in [-0.3, -0.25) is 9.78 Å². The quantitative estimate of drug-likeness (QED) is 0.784. The third-order valence-corrected chi connectivity index (χ3v) is 3.07. The Morgan fingerprint density at radius 2 is 2.35 bits per heavy atom. The van der Waals surface area contributed by atoms with Crippen molar-refractivity contribution in [1.82, 2.24) is 4.98 Å². The van der Waals surface area contributed by atoms with E-state index in [0.29, 0.717) is 5.75 Å². The van der Waals surface area contributed by atoms with Crippen LogP contribution in [0.4, 0.5) is 4.39 Å². The molecular weight excluding hydrogens is 241 g/mol. The van der Waals surface area contributed by atoms with Crippen LogP contribution in [0.1, 0.15) is 15.2 Å². The molecule has 0 amide bonds. The third-order valence-electron chi connectivity index (χ3n) is 2.29. The fourth-order valence-electron chi connectivity index (χ4n) is 1.43. The standard InChI is InChI=1S/C12H10FNO2S/c1-16-8-2-3-10(11(13)4-8)12(15)5-9-6-14-7-17-9/h2-4,6-7H,5H2,1H3. The van der Waals surface area contributed by atoms with Gasteiger partial charge in [-0.25, -0.2) is 4.39 Å². The Morgan fingerprint density at radius 1 is 1.53 bits per heavy atom. The third kappa shape index (κ3) is 2.68. The molecule has 0 saturated carbocycles. The Kier molecular flexibility index (Phi) is 3.49. The van der Waals surface area contributed by atoms with Crippen LogP contribution in [-0.4, -0.2) is 17.9 Å². The molecule has 5 heteroatoms. The van der Waals surface area contributed by atoms with Crippen molar-refractivity contribution in [3.8, 4) is 5.75 Å². The van der Waals surface area contributed by atoms with Gasteiger partial charge in [-0.1, -0.05) is 0 Å². The van der Waals surface area contributed by atoms with Gasteiger partial charge in [0.15, 0.2) is 5.78 Å². The van der Waals surface area contributed by atoms with Gasteiger partial charge in [0, 0.05) is 23.6 Å². The highest BCUT2D eigenvalue weighted by molar-refractivity contribution is 7.09. The molecule has 0 radical (unpaired) electrons. The zero-order chi connectivity index (χ0) is 12.3. The van der Waals surface area contributed by atoms with Crippen LogP contribution in [0.15, 0.2) is 29.9 Å². The topological polar surface area (TPSA) is 39.2 Å². The van der Waals surface area contributed by atoms with Crippen LogP contribution in [0.2, 0.25) is 0 Å². The summed E-state index contributed by atoms with van der Waals surface area (Å²) < 4.78 is 18.5. The normalized spacial score (nSPS) is 10.2. The van der Waals surface area contributed by atoms with E-state index in [1.54, 1.807) is 17.8 Å². The predicted molar refractivity (Wildman–Crippen MR) is 63.1 cm³/mol. The van der Waals surface area contributed by atoms with E-state index < -0.39 is 5.82 Å². The van der Waals surface area contributed by atoms with Crippen LogP contribution in [0.5, 0.6) is 5.75 Å². The number of ether oxygens (including phenoxy) is 1. The highest BCUT2D eigenvalue weighted by Crippen LogP contribution is 2.18. The molecule has 0 bridgehead atoms. The molecule has 0 aliphatic rings. The number of hydrogen-bond acceptors (Lipinski definition) is 4. The number of methoxy groups -OCH3 is 1. The summed E-state index contributed by atoms with van der Waals surface area (Å²) in [4.78, 5) is 16.5. The predicted octanol–water partition coefficient (Wildman–Crippen LogP) is 2.72. The van der Waals surface area contributed by atoms with Crippen LogP contribution in [0, 0.1) is 5.82 Å². The van der Waals surface area contributed by atoms with E-state index in [9.17, 15) is 9.18 Å².